The Morgan fingerprint density at radius 3 is 2.41 bits per heavy atom. The number of hydrogen-bond acceptors (Lipinski definition) is 8. The van der Waals surface area contributed by atoms with Crippen LogP contribution in [0.2, 0.25) is 5.02 Å². The molecule has 0 radical (unpaired) electrons. The average molecular weight is 562 g/mol. The number of carbonyl (C=O) groups is 1. The number of sulfonamides is 1. The average Bonchev–Trinajstić information content (AvgIpc) is 2.84. The smallest absolute Gasteiger partial charge is 0.447 e. The number of morpholine rings is 1. The number of pyridine rings is 1. The first-order chi connectivity index (χ1) is 17.2. The number of rotatable bonds is 6. The van der Waals surface area contributed by atoms with Crippen LogP contribution in [0.1, 0.15) is 15.9 Å². The number of carboxylic acids is 1. The number of aromatic nitrogens is 1. The van der Waals surface area contributed by atoms with Gasteiger partial charge in [-0.25, -0.2) is 13.2 Å². The van der Waals surface area contributed by atoms with Gasteiger partial charge in [0.15, 0.2) is 0 Å². The van der Waals surface area contributed by atoms with Crippen molar-refractivity contribution in [3.05, 3.63) is 58.7 Å². The molecule has 15 heteroatoms. The van der Waals surface area contributed by atoms with E-state index in [9.17, 15) is 41.7 Å². The maximum absolute atomic E-state index is 13.6. The van der Waals surface area contributed by atoms with Crippen molar-refractivity contribution in [3.63, 3.8) is 0 Å². The first-order valence-corrected chi connectivity index (χ1v) is 12.4. The number of fused-ring (bicyclic) bond motifs is 1. The highest BCUT2D eigenvalue weighted by Crippen LogP contribution is 2.43. The van der Waals surface area contributed by atoms with Crippen LogP contribution < -0.4 is 5.32 Å². The largest absolute Gasteiger partial charge is 0.478 e. The van der Waals surface area contributed by atoms with Crippen LogP contribution in [0.5, 0.6) is 0 Å². The number of hydrogen-bond donors (Lipinski definition) is 4. The zero-order chi connectivity index (χ0) is 27.2. The van der Waals surface area contributed by atoms with E-state index in [0.717, 1.165) is 22.6 Å². The molecule has 0 aliphatic carbocycles. The lowest BCUT2D eigenvalue weighted by atomic mass is 9.98. The van der Waals surface area contributed by atoms with Gasteiger partial charge in [0.1, 0.15) is 4.90 Å². The van der Waals surface area contributed by atoms with E-state index in [0.29, 0.717) is 6.07 Å². The Labute approximate surface area is 212 Å². The van der Waals surface area contributed by atoms with E-state index >= 15 is 0 Å². The quantitative estimate of drug-likeness (QED) is 0.333. The summed E-state index contributed by atoms with van der Waals surface area (Å²) >= 11 is 6.10. The summed E-state index contributed by atoms with van der Waals surface area (Å²) in [6.45, 7) is 0.168. The van der Waals surface area contributed by atoms with Gasteiger partial charge in [0, 0.05) is 35.3 Å². The zero-order valence-corrected chi connectivity index (χ0v) is 20.2. The molecule has 0 saturated carbocycles. The highest BCUT2D eigenvalue weighted by molar-refractivity contribution is 7.89. The number of alkyl halides is 3. The van der Waals surface area contributed by atoms with Gasteiger partial charge in [-0.3, -0.25) is 4.98 Å². The third kappa shape index (κ3) is 4.95. The summed E-state index contributed by atoms with van der Waals surface area (Å²) in [6, 6.07) is 6.65. The summed E-state index contributed by atoms with van der Waals surface area (Å²) in [5.41, 5.74) is -3.11. The predicted octanol–water partition coefficient (Wildman–Crippen LogP) is 3.05. The Morgan fingerprint density at radius 2 is 1.78 bits per heavy atom. The van der Waals surface area contributed by atoms with Crippen LogP contribution >= 0.6 is 11.6 Å². The van der Waals surface area contributed by atoms with E-state index in [1.54, 1.807) is 0 Å². The number of nitrogens with zero attached hydrogens (tertiary/aromatic N) is 2. The third-order valence-corrected chi connectivity index (χ3v) is 7.84. The molecular weight excluding hydrogens is 543 g/mol. The van der Waals surface area contributed by atoms with Gasteiger partial charge in [0.25, 0.3) is 5.79 Å². The fraction of sp³-hybridized carbons (Fsp3) is 0.273. The molecule has 0 unspecified atom stereocenters. The molecule has 0 bridgehead atoms. The van der Waals surface area contributed by atoms with Gasteiger partial charge in [-0.1, -0.05) is 23.7 Å². The van der Waals surface area contributed by atoms with Crippen LogP contribution in [-0.2, 0) is 20.5 Å². The SMILES string of the molecule is O=C(O)c1cccc(C(O)(O)C(F)(F)F)c1Nc1c(S(=O)(=O)N2CCOCC2)cnc2ccc(Cl)cc12. The number of aromatic carboxylic acids is 1. The van der Waals surface area contributed by atoms with Crippen LogP contribution in [0.4, 0.5) is 24.5 Å². The summed E-state index contributed by atoms with van der Waals surface area (Å²) in [4.78, 5) is 15.6. The van der Waals surface area contributed by atoms with Crippen molar-refractivity contribution in [2.45, 2.75) is 16.9 Å². The van der Waals surface area contributed by atoms with E-state index in [2.05, 4.69) is 10.3 Å². The van der Waals surface area contributed by atoms with Crippen LogP contribution in [0.15, 0.2) is 47.5 Å². The number of benzene rings is 2. The Kier molecular flexibility index (Phi) is 7.09. The van der Waals surface area contributed by atoms with E-state index in [1.165, 1.54) is 18.2 Å². The number of ether oxygens (including phenoxy) is 1. The number of carboxylic acid groups (broad SMARTS) is 1. The number of para-hydroxylation sites is 1. The molecule has 0 amide bonds. The molecule has 1 saturated heterocycles. The van der Waals surface area contributed by atoms with Gasteiger partial charge < -0.3 is 25.4 Å². The Balaban J connectivity index is 2.02. The van der Waals surface area contributed by atoms with Crippen molar-refractivity contribution in [2.75, 3.05) is 31.6 Å². The van der Waals surface area contributed by atoms with E-state index in [1.807, 2.05) is 0 Å². The second-order valence-corrected chi connectivity index (χ2v) is 10.3. The summed E-state index contributed by atoms with van der Waals surface area (Å²) in [7, 11) is -4.34. The van der Waals surface area contributed by atoms with Crippen molar-refractivity contribution in [1.82, 2.24) is 9.29 Å². The number of anilines is 2. The minimum Gasteiger partial charge on any atom is -0.478 e. The molecule has 37 heavy (non-hydrogen) atoms. The summed E-state index contributed by atoms with van der Waals surface area (Å²) < 4.78 is 74.1. The second kappa shape index (κ2) is 9.70. The highest BCUT2D eigenvalue weighted by Gasteiger charge is 2.55. The molecule has 1 fully saturated rings. The minimum atomic E-state index is -5.63. The van der Waals surface area contributed by atoms with Crippen molar-refractivity contribution in [3.8, 4) is 0 Å². The van der Waals surface area contributed by atoms with Crippen LogP contribution in [-0.4, -0.2) is 71.5 Å². The Morgan fingerprint density at radius 1 is 1.11 bits per heavy atom. The number of aliphatic hydroxyl groups is 2. The maximum Gasteiger partial charge on any atom is 0.447 e. The van der Waals surface area contributed by atoms with E-state index in [-0.39, 0.29) is 47.9 Å². The lowest BCUT2D eigenvalue weighted by molar-refractivity contribution is -0.358. The molecular formula is C22H19ClF3N3O7S. The third-order valence-electron chi connectivity index (χ3n) is 5.70. The van der Waals surface area contributed by atoms with Crippen molar-refractivity contribution < 1.29 is 46.4 Å². The van der Waals surface area contributed by atoms with Crippen molar-refractivity contribution in [1.29, 1.82) is 0 Å². The van der Waals surface area contributed by atoms with E-state index < -0.39 is 49.7 Å². The molecule has 1 aliphatic rings. The minimum absolute atomic E-state index is 0.0171. The molecule has 1 aliphatic heterocycles. The topological polar surface area (TPSA) is 149 Å². The Bertz CT molecular complexity index is 1480. The zero-order valence-electron chi connectivity index (χ0n) is 18.7. The van der Waals surface area contributed by atoms with Gasteiger partial charge in [-0.2, -0.15) is 17.5 Å². The first kappa shape index (κ1) is 27.0. The lowest BCUT2D eigenvalue weighted by Crippen LogP contribution is -2.42. The fourth-order valence-corrected chi connectivity index (χ4v) is 5.52. The second-order valence-electron chi connectivity index (χ2n) is 8.00. The Hall–Kier alpha value is -3.01. The standard InChI is InChI=1S/C22H19ClF3N3O7S/c23-12-4-5-16-14(10-12)19(17(11-27-16)37(34,35)29-6-8-36-9-7-29)28-18-13(20(30)31)2-1-3-15(18)21(32,33)22(24,25)26/h1-5,10-11,32-33H,6-9H2,(H,27,28)(H,30,31). The molecule has 198 valence electrons. The van der Waals surface area contributed by atoms with Gasteiger partial charge >= 0.3 is 12.1 Å². The van der Waals surface area contributed by atoms with Gasteiger partial charge in [-0.15, -0.1) is 0 Å². The van der Waals surface area contributed by atoms with E-state index in [4.69, 9.17) is 16.3 Å². The van der Waals surface area contributed by atoms with Crippen LogP contribution in [0.25, 0.3) is 10.9 Å². The molecule has 1 aromatic heterocycles. The molecule has 2 aromatic carbocycles. The monoisotopic (exact) mass is 561 g/mol. The van der Waals surface area contributed by atoms with Gasteiger partial charge in [0.2, 0.25) is 10.0 Å². The van der Waals surface area contributed by atoms with Gasteiger partial charge in [-0.05, 0) is 24.3 Å². The lowest BCUT2D eigenvalue weighted by Gasteiger charge is -2.29. The summed E-state index contributed by atoms with van der Waals surface area (Å²) in [5.74, 6) is -6.19. The molecule has 10 nitrogen and oxygen atoms in total. The van der Waals surface area contributed by atoms with Crippen molar-refractivity contribution >= 4 is 49.9 Å². The fourth-order valence-electron chi connectivity index (χ4n) is 3.83. The maximum atomic E-state index is 13.6. The molecule has 2 heterocycles. The molecule has 3 aromatic rings. The first-order valence-electron chi connectivity index (χ1n) is 10.6. The summed E-state index contributed by atoms with van der Waals surface area (Å²) in [6.07, 6.45) is -4.66. The molecule has 0 spiro atoms. The highest BCUT2D eigenvalue weighted by atomic mass is 35.5. The van der Waals surface area contributed by atoms with Crippen LogP contribution in [0.3, 0.4) is 0 Å². The van der Waals surface area contributed by atoms with Crippen LogP contribution in [0, 0.1) is 0 Å². The molecule has 0 atom stereocenters. The van der Waals surface area contributed by atoms with Crippen molar-refractivity contribution in [2.24, 2.45) is 0 Å². The molecule has 4 rings (SSSR count). The predicted molar refractivity (Wildman–Crippen MR) is 125 cm³/mol. The number of halogens is 4. The normalized spacial score (nSPS) is 15.6. The summed E-state index contributed by atoms with van der Waals surface area (Å²) in [5, 5.41) is 32.3. The molecule has 4 N–H and O–H groups in total. The number of nitrogens with one attached hydrogen (secondary N) is 1. The van der Waals surface area contributed by atoms with Gasteiger partial charge in [0.05, 0.1) is 35.7 Å².